The van der Waals surface area contributed by atoms with Crippen LogP contribution in [0.1, 0.15) is 54.4 Å². The Bertz CT molecular complexity index is 1020. The van der Waals surface area contributed by atoms with E-state index in [2.05, 4.69) is 14.9 Å². The Morgan fingerprint density at radius 3 is 2.38 bits per heavy atom. The number of piperidine rings is 1. The van der Waals surface area contributed by atoms with Gasteiger partial charge in [-0.3, -0.25) is 9.52 Å². The molecule has 4 rings (SSSR count). The number of benzene rings is 2. The van der Waals surface area contributed by atoms with E-state index >= 15 is 0 Å². The molecule has 1 aliphatic heterocycles. The fourth-order valence-corrected chi connectivity index (χ4v) is 5.83. The predicted molar refractivity (Wildman–Crippen MR) is 127 cm³/mol. The van der Waals surface area contributed by atoms with Gasteiger partial charge in [0.15, 0.2) is 0 Å². The van der Waals surface area contributed by atoms with E-state index in [1.807, 2.05) is 19.1 Å². The second-order valence-electron chi connectivity index (χ2n) is 9.20. The number of hydrogen-bond donors (Lipinski definition) is 2. The van der Waals surface area contributed by atoms with E-state index in [0.29, 0.717) is 11.3 Å². The van der Waals surface area contributed by atoms with Gasteiger partial charge >= 0.3 is 0 Å². The Labute approximate surface area is 191 Å². The predicted octanol–water partition coefficient (Wildman–Crippen LogP) is 4.18. The van der Waals surface area contributed by atoms with E-state index in [4.69, 9.17) is 0 Å². The monoisotopic (exact) mass is 455 g/mol. The molecule has 2 N–H and O–H groups in total. The normalized spacial score (nSPS) is 18.5. The summed E-state index contributed by atoms with van der Waals surface area (Å²) in [6.45, 7) is 5.15. The molecule has 1 aliphatic carbocycles. The van der Waals surface area contributed by atoms with Crippen molar-refractivity contribution in [2.24, 2.45) is 5.92 Å². The van der Waals surface area contributed by atoms with Crippen LogP contribution in [0.2, 0.25) is 0 Å². The highest BCUT2D eigenvalue weighted by Gasteiger charge is 2.25. The maximum Gasteiger partial charge on any atom is 0.261 e. The average molecular weight is 456 g/mol. The van der Waals surface area contributed by atoms with E-state index in [1.165, 1.54) is 44.4 Å². The highest BCUT2D eigenvalue weighted by atomic mass is 32.2. The molecule has 2 aromatic rings. The molecule has 0 unspecified atom stereocenters. The third kappa shape index (κ3) is 5.90. The Kier molecular flexibility index (Phi) is 7.16. The van der Waals surface area contributed by atoms with Gasteiger partial charge in [0, 0.05) is 36.9 Å². The lowest BCUT2D eigenvalue weighted by atomic mass is 10.0. The number of anilines is 1. The zero-order valence-corrected chi connectivity index (χ0v) is 19.5. The standard InChI is InChI=1S/C25H33N3O3S/c1-19-9-11-23(12-10-19)27-32(30,31)24-8-4-7-21(17-24)25(29)26-22-13-15-28(16-14-22)18-20-5-2-3-6-20/h4,7-12,17,20,22,27H,2-3,5-6,13-16,18H2,1H3,(H,26,29). The Balaban J connectivity index is 1.33. The van der Waals surface area contributed by atoms with Gasteiger partial charge in [0.05, 0.1) is 4.90 Å². The van der Waals surface area contributed by atoms with Crippen molar-refractivity contribution in [3.63, 3.8) is 0 Å². The van der Waals surface area contributed by atoms with E-state index in [1.54, 1.807) is 24.3 Å². The zero-order chi connectivity index (χ0) is 22.6. The van der Waals surface area contributed by atoms with Crippen LogP contribution in [0.4, 0.5) is 5.69 Å². The molecule has 1 heterocycles. The second kappa shape index (κ2) is 10.0. The molecule has 7 heteroatoms. The Morgan fingerprint density at radius 2 is 1.69 bits per heavy atom. The summed E-state index contributed by atoms with van der Waals surface area (Å²) in [5, 5.41) is 3.10. The van der Waals surface area contributed by atoms with Crippen molar-refractivity contribution in [2.75, 3.05) is 24.4 Å². The molecule has 0 radical (unpaired) electrons. The maximum absolute atomic E-state index is 12.8. The molecule has 0 bridgehead atoms. The minimum atomic E-state index is -3.77. The summed E-state index contributed by atoms with van der Waals surface area (Å²) in [7, 11) is -3.77. The van der Waals surface area contributed by atoms with Crippen LogP contribution in [-0.4, -0.2) is 44.9 Å². The van der Waals surface area contributed by atoms with Crippen LogP contribution in [0.25, 0.3) is 0 Å². The van der Waals surface area contributed by atoms with Gasteiger partial charge in [-0.15, -0.1) is 0 Å². The van der Waals surface area contributed by atoms with Crippen LogP contribution in [-0.2, 0) is 10.0 Å². The number of aryl methyl sites for hydroxylation is 1. The van der Waals surface area contributed by atoms with Crippen LogP contribution in [0.5, 0.6) is 0 Å². The van der Waals surface area contributed by atoms with Crippen LogP contribution in [0.3, 0.4) is 0 Å². The number of carbonyl (C=O) groups is 1. The average Bonchev–Trinajstić information content (AvgIpc) is 3.30. The van der Waals surface area contributed by atoms with E-state index in [0.717, 1.165) is 37.4 Å². The van der Waals surface area contributed by atoms with Crippen molar-refractivity contribution >= 4 is 21.6 Å². The first-order chi connectivity index (χ1) is 15.4. The van der Waals surface area contributed by atoms with Gasteiger partial charge in [-0.2, -0.15) is 0 Å². The first-order valence-corrected chi connectivity index (χ1v) is 13.1. The molecule has 6 nitrogen and oxygen atoms in total. The number of nitrogens with zero attached hydrogens (tertiary/aromatic N) is 1. The molecule has 32 heavy (non-hydrogen) atoms. The molecule has 2 aliphatic rings. The fourth-order valence-electron chi connectivity index (χ4n) is 4.73. The number of amides is 1. The van der Waals surface area contributed by atoms with Crippen LogP contribution in [0, 0.1) is 12.8 Å². The van der Waals surface area contributed by atoms with Gasteiger partial charge in [0.25, 0.3) is 15.9 Å². The van der Waals surface area contributed by atoms with E-state index in [-0.39, 0.29) is 16.8 Å². The Hall–Kier alpha value is -2.38. The summed E-state index contributed by atoms with van der Waals surface area (Å²) >= 11 is 0. The summed E-state index contributed by atoms with van der Waals surface area (Å²) in [6.07, 6.45) is 7.32. The first-order valence-electron chi connectivity index (χ1n) is 11.6. The highest BCUT2D eigenvalue weighted by molar-refractivity contribution is 7.92. The third-order valence-corrected chi connectivity index (χ3v) is 8.00. The zero-order valence-electron chi connectivity index (χ0n) is 18.7. The minimum absolute atomic E-state index is 0.0807. The summed E-state index contributed by atoms with van der Waals surface area (Å²) in [6, 6.07) is 13.5. The van der Waals surface area contributed by atoms with Crippen molar-refractivity contribution in [1.29, 1.82) is 0 Å². The molecule has 1 saturated carbocycles. The smallest absolute Gasteiger partial charge is 0.261 e. The number of carbonyl (C=O) groups excluding carboxylic acids is 1. The first kappa shape index (κ1) is 22.8. The lowest BCUT2D eigenvalue weighted by Crippen LogP contribution is -2.45. The van der Waals surface area contributed by atoms with Gasteiger partial charge in [-0.05, 0) is 68.9 Å². The third-order valence-electron chi connectivity index (χ3n) is 6.62. The summed E-state index contributed by atoms with van der Waals surface area (Å²) in [5.41, 5.74) is 1.91. The molecule has 2 aromatic carbocycles. The van der Waals surface area contributed by atoms with Gasteiger partial charge in [-0.25, -0.2) is 8.42 Å². The lowest BCUT2D eigenvalue weighted by molar-refractivity contribution is 0.0905. The van der Waals surface area contributed by atoms with E-state index < -0.39 is 10.0 Å². The number of likely N-dealkylation sites (tertiary alicyclic amines) is 1. The number of hydrogen-bond acceptors (Lipinski definition) is 4. The molecule has 0 aromatic heterocycles. The van der Waals surface area contributed by atoms with Crippen molar-refractivity contribution in [2.45, 2.75) is 56.4 Å². The van der Waals surface area contributed by atoms with Gasteiger partial charge in [0.2, 0.25) is 0 Å². The van der Waals surface area contributed by atoms with Crippen LogP contribution < -0.4 is 10.0 Å². The summed E-state index contributed by atoms with van der Waals surface area (Å²) in [4.78, 5) is 15.4. The van der Waals surface area contributed by atoms with Gasteiger partial charge < -0.3 is 10.2 Å². The van der Waals surface area contributed by atoms with Gasteiger partial charge in [-0.1, -0.05) is 36.6 Å². The summed E-state index contributed by atoms with van der Waals surface area (Å²) in [5.74, 6) is 0.631. The molecular weight excluding hydrogens is 422 g/mol. The molecule has 1 amide bonds. The van der Waals surface area contributed by atoms with Gasteiger partial charge in [0.1, 0.15) is 0 Å². The topological polar surface area (TPSA) is 78.5 Å². The largest absolute Gasteiger partial charge is 0.349 e. The van der Waals surface area contributed by atoms with Crippen LogP contribution >= 0.6 is 0 Å². The maximum atomic E-state index is 12.8. The molecule has 1 saturated heterocycles. The fraction of sp³-hybridized carbons (Fsp3) is 0.480. The minimum Gasteiger partial charge on any atom is -0.349 e. The highest BCUT2D eigenvalue weighted by Crippen LogP contribution is 2.26. The summed E-state index contributed by atoms with van der Waals surface area (Å²) < 4.78 is 28.1. The SMILES string of the molecule is Cc1ccc(NS(=O)(=O)c2cccc(C(=O)NC3CCN(CC4CCCC4)CC3)c2)cc1. The second-order valence-corrected chi connectivity index (χ2v) is 10.9. The number of sulfonamides is 1. The Morgan fingerprint density at radius 1 is 1.00 bits per heavy atom. The molecule has 0 atom stereocenters. The van der Waals surface area contributed by atoms with Crippen molar-refractivity contribution < 1.29 is 13.2 Å². The molecule has 0 spiro atoms. The quantitative estimate of drug-likeness (QED) is 0.657. The number of nitrogens with one attached hydrogen (secondary N) is 2. The van der Waals surface area contributed by atoms with Crippen molar-refractivity contribution in [3.05, 3.63) is 59.7 Å². The molecular formula is C25H33N3O3S. The lowest BCUT2D eigenvalue weighted by Gasteiger charge is -2.33. The van der Waals surface area contributed by atoms with Crippen molar-refractivity contribution in [3.8, 4) is 0 Å². The van der Waals surface area contributed by atoms with Crippen molar-refractivity contribution in [1.82, 2.24) is 10.2 Å². The molecule has 172 valence electrons. The van der Waals surface area contributed by atoms with Crippen LogP contribution in [0.15, 0.2) is 53.4 Å². The molecule has 2 fully saturated rings. The van der Waals surface area contributed by atoms with E-state index in [9.17, 15) is 13.2 Å². The number of rotatable bonds is 7.